The second kappa shape index (κ2) is 7.50. The summed E-state index contributed by atoms with van der Waals surface area (Å²) in [7, 11) is -0.717. The second-order valence-corrected chi connectivity index (χ2v) is 7.48. The molecule has 0 unspecified atom stereocenters. The van der Waals surface area contributed by atoms with Crippen molar-refractivity contribution < 1.29 is 58.9 Å². The molecule has 0 amide bonds. The predicted octanol–water partition coefficient (Wildman–Crippen LogP) is -4.04. The number of esters is 1. The van der Waals surface area contributed by atoms with Crippen LogP contribution in [0.25, 0.3) is 0 Å². The Morgan fingerprint density at radius 1 is 0.964 bits per heavy atom. The van der Waals surface area contributed by atoms with Crippen LogP contribution in [0.5, 0.6) is 0 Å². The molecule has 28 heavy (non-hydrogen) atoms. The maximum atomic E-state index is 12.3. The first-order valence-corrected chi connectivity index (χ1v) is 8.77. The van der Waals surface area contributed by atoms with Crippen LogP contribution in [-0.4, -0.2) is 105 Å². The van der Waals surface area contributed by atoms with Gasteiger partial charge in [0.2, 0.25) is 0 Å². The lowest BCUT2D eigenvalue weighted by molar-refractivity contribution is -0.190. The molecule has 0 aromatic heterocycles. The number of hydrogen-bond acceptors (Lipinski definition) is 12. The number of methoxy groups -OCH3 is 1. The van der Waals surface area contributed by atoms with Gasteiger partial charge in [-0.15, -0.1) is 0 Å². The number of carbonyl (C=O) groups is 2. The largest absolute Gasteiger partial charge is 0.716 e. The SMILES string of the molecule is COC(=O)[C@]1(OB2OC(=O)[C@]3(C[C@@H](O)[C@H](O)[C@H](O)C3)O2)C[C@@H](O)[C@@H](O)[C@H](O)C1. The van der Waals surface area contributed by atoms with Crippen LogP contribution < -0.4 is 0 Å². The van der Waals surface area contributed by atoms with Crippen molar-refractivity contribution in [3.05, 3.63) is 0 Å². The van der Waals surface area contributed by atoms with Gasteiger partial charge in [-0.1, -0.05) is 0 Å². The number of aliphatic hydroxyl groups is 6. The third kappa shape index (κ3) is 3.52. The van der Waals surface area contributed by atoms with Gasteiger partial charge in [0.15, 0.2) is 11.2 Å². The molecule has 13 heteroatoms. The maximum Gasteiger partial charge on any atom is 0.716 e. The van der Waals surface area contributed by atoms with Gasteiger partial charge in [-0.25, -0.2) is 4.79 Å². The van der Waals surface area contributed by atoms with E-state index in [-0.39, 0.29) is 12.8 Å². The van der Waals surface area contributed by atoms with E-state index in [2.05, 4.69) is 4.74 Å². The first-order chi connectivity index (χ1) is 13.0. The van der Waals surface area contributed by atoms with E-state index in [1.165, 1.54) is 0 Å². The molecule has 3 fully saturated rings. The smallest absolute Gasteiger partial charge is 0.483 e. The molecule has 1 saturated heterocycles. The standard InChI is InChI=1S/C15H23BO12/c1-25-12(23)14(2-6(17)10(21)7(18)3-14)27-16-26-13(24)15(28-16)4-8(19)11(22)9(20)5-15/h6-11,17-22H,2-5H2,1H3/t6-,7-,8-,9-,10-,11-,14+,15+/m1/s1. The number of aliphatic hydroxyl groups excluding tert-OH is 6. The minimum atomic E-state index is -1.98. The van der Waals surface area contributed by atoms with Gasteiger partial charge < -0.3 is 49.3 Å². The lowest BCUT2D eigenvalue weighted by Crippen LogP contribution is -2.60. The van der Waals surface area contributed by atoms with Crippen molar-refractivity contribution in [2.75, 3.05) is 7.11 Å². The lowest BCUT2D eigenvalue weighted by atomic mass is 9.78. The predicted molar refractivity (Wildman–Crippen MR) is 86.0 cm³/mol. The van der Waals surface area contributed by atoms with Crippen molar-refractivity contribution in [2.45, 2.75) is 73.5 Å². The van der Waals surface area contributed by atoms with E-state index >= 15 is 0 Å². The molecule has 0 aromatic rings. The van der Waals surface area contributed by atoms with Crippen LogP contribution in [0.2, 0.25) is 0 Å². The van der Waals surface area contributed by atoms with Crippen LogP contribution in [0, 0.1) is 0 Å². The normalized spacial score (nSPS) is 46.5. The van der Waals surface area contributed by atoms with Crippen LogP contribution in [0.4, 0.5) is 0 Å². The molecule has 158 valence electrons. The van der Waals surface area contributed by atoms with Crippen LogP contribution in [0.1, 0.15) is 25.7 Å². The highest BCUT2D eigenvalue weighted by molar-refractivity contribution is 6.43. The number of rotatable bonds is 3. The van der Waals surface area contributed by atoms with Crippen LogP contribution >= 0.6 is 0 Å². The summed E-state index contributed by atoms with van der Waals surface area (Å²) in [5.74, 6) is -1.96. The molecule has 0 aromatic carbocycles. The Bertz CT molecular complexity index is 604. The minimum Gasteiger partial charge on any atom is -0.483 e. The quantitative estimate of drug-likeness (QED) is 0.197. The zero-order valence-corrected chi connectivity index (χ0v) is 15.0. The Labute approximate surface area is 159 Å². The fourth-order valence-corrected chi connectivity index (χ4v) is 3.96. The Hall–Kier alpha value is -1.32. The molecule has 0 radical (unpaired) electrons. The highest BCUT2D eigenvalue weighted by Gasteiger charge is 2.63. The van der Waals surface area contributed by atoms with Crippen molar-refractivity contribution in [3.63, 3.8) is 0 Å². The van der Waals surface area contributed by atoms with E-state index in [1.54, 1.807) is 0 Å². The van der Waals surface area contributed by atoms with Gasteiger partial charge in [0.05, 0.1) is 31.5 Å². The van der Waals surface area contributed by atoms with Crippen molar-refractivity contribution in [1.82, 2.24) is 0 Å². The molecule has 1 heterocycles. The Kier molecular flexibility index (Phi) is 5.73. The topological polar surface area (TPSA) is 192 Å². The summed E-state index contributed by atoms with van der Waals surface area (Å²) in [6.45, 7) is 0. The number of carbonyl (C=O) groups excluding carboxylic acids is 2. The van der Waals surface area contributed by atoms with E-state index in [0.717, 1.165) is 7.11 Å². The average Bonchev–Trinajstić information content (AvgIpc) is 2.90. The minimum absolute atomic E-state index is 0.376. The molecule has 1 aliphatic heterocycles. The summed E-state index contributed by atoms with van der Waals surface area (Å²) in [6, 6.07) is 0. The van der Waals surface area contributed by atoms with E-state index in [0.29, 0.717) is 0 Å². The molecule has 1 spiro atoms. The molecular weight excluding hydrogens is 383 g/mol. The molecule has 4 atom stereocenters. The van der Waals surface area contributed by atoms with E-state index in [1.807, 2.05) is 0 Å². The van der Waals surface area contributed by atoms with Crippen molar-refractivity contribution in [1.29, 1.82) is 0 Å². The monoisotopic (exact) mass is 406 g/mol. The Morgan fingerprint density at radius 2 is 1.43 bits per heavy atom. The zero-order chi connectivity index (χ0) is 20.9. The molecule has 12 nitrogen and oxygen atoms in total. The third-order valence-corrected chi connectivity index (χ3v) is 5.51. The third-order valence-electron chi connectivity index (χ3n) is 5.51. The lowest BCUT2D eigenvalue weighted by Gasteiger charge is -2.42. The molecular formula is C15H23BO12. The average molecular weight is 406 g/mol. The van der Waals surface area contributed by atoms with Crippen LogP contribution in [0.15, 0.2) is 0 Å². The molecule has 0 bridgehead atoms. The first-order valence-electron chi connectivity index (χ1n) is 8.77. The summed E-state index contributed by atoms with van der Waals surface area (Å²) in [5, 5.41) is 59.0. The summed E-state index contributed by atoms with van der Waals surface area (Å²) in [5.41, 5.74) is -3.78. The zero-order valence-electron chi connectivity index (χ0n) is 15.0. The van der Waals surface area contributed by atoms with Crippen LogP contribution in [0.3, 0.4) is 0 Å². The van der Waals surface area contributed by atoms with Gasteiger partial charge in [-0.3, -0.25) is 4.79 Å². The molecule has 3 rings (SSSR count). The molecule has 6 N–H and O–H groups in total. The summed E-state index contributed by atoms with van der Waals surface area (Å²) >= 11 is 0. The Balaban J connectivity index is 1.80. The van der Waals surface area contributed by atoms with E-state index < -0.39 is 79.9 Å². The van der Waals surface area contributed by atoms with Gasteiger partial charge >= 0.3 is 19.3 Å². The second-order valence-electron chi connectivity index (χ2n) is 7.48. The summed E-state index contributed by atoms with van der Waals surface area (Å²) in [6.07, 6.45) is -10.6. The van der Waals surface area contributed by atoms with E-state index in [4.69, 9.17) is 14.0 Å². The summed E-state index contributed by atoms with van der Waals surface area (Å²) in [4.78, 5) is 24.7. The van der Waals surface area contributed by atoms with Crippen molar-refractivity contribution >= 4 is 19.3 Å². The highest BCUT2D eigenvalue weighted by atomic mass is 16.8. The Morgan fingerprint density at radius 3 is 1.89 bits per heavy atom. The van der Waals surface area contributed by atoms with E-state index in [9.17, 15) is 40.2 Å². The van der Waals surface area contributed by atoms with Crippen LogP contribution in [-0.2, 0) is 28.3 Å². The van der Waals surface area contributed by atoms with Crippen molar-refractivity contribution in [2.24, 2.45) is 0 Å². The van der Waals surface area contributed by atoms with Gasteiger partial charge in [-0.05, 0) is 0 Å². The van der Waals surface area contributed by atoms with Gasteiger partial charge in [0, 0.05) is 25.7 Å². The first kappa shape index (κ1) is 21.4. The maximum absolute atomic E-state index is 12.3. The summed E-state index contributed by atoms with van der Waals surface area (Å²) < 4.78 is 20.6. The fourth-order valence-electron chi connectivity index (χ4n) is 3.96. The molecule has 3 aliphatic rings. The van der Waals surface area contributed by atoms with Gasteiger partial charge in [0.25, 0.3) is 0 Å². The fraction of sp³-hybridized carbons (Fsp3) is 0.867. The van der Waals surface area contributed by atoms with Crippen molar-refractivity contribution in [3.8, 4) is 0 Å². The number of hydrogen-bond donors (Lipinski definition) is 6. The van der Waals surface area contributed by atoms with Gasteiger partial charge in [0.1, 0.15) is 12.2 Å². The molecule has 2 aliphatic carbocycles. The highest BCUT2D eigenvalue weighted by Crippen LogP contribution is 2.41. The van der Waals surface area contributed by atoms with Gasteiger partial charge in [-0.2, -0.15) is 0 Å². The molecule has 2 saturated carbocycles. The number of ether oxygens (including phenoxy) is 1.